The van der Waals surface area contributed by atoms with E-state index in [0.29, 0.717) is 0 Å². The molecule has 0 bridgehead atoms. The Labute approximate surface area is 106 Å². The smallest absolute Gasteiger partial charge is 0.0474 e. The maximum Gasteiger partial charge on any atom is 0.0474 e. The number of aryl methyl sites for hydroxylation is 2. The Morgan fingerprint density at radius 1 is 1.47 bits per heavy atom. The Bertz CT molecular complexity index is 453. The molecule has 0 aliphatic carbocycles. The Kier molecular flexibility index (Phi) is 4.25. The van der Waals surface area contributed by atoms with Gasteiger partial charge in [0.05, 0.1) is 0 Å². The van der Waals surface area contributed by atoms with Crippen LogP contribution in [-0.2, 0) is 6.42 Å². The first-order valence-electron chi connectivity index (χ1n) is 5.70. The van der Waals surface area contributed by atoms with E-state index < -0.39 is 0 Å². The third-order valence-corrected chi connectivity index (χ3v) is 3.78. The second kappa shape index (κ2) is 5.91. The van der Waals surface area contributed by atoms with Crippen molar-refractivity contribution >= 4 is 11.3 Å². The summed E-state index contributed by atoms with van der Waals surface area (Å²) >= 11 is 1.76. The van der Waals surface area contributed by atoms with Gasteiger partial charge >= 0.3 is 0 Å². The van der Waals surface area contributed by atoms with E-state index >= 15 is 0 Å². The molecule has 0 aliphatic heterocycles. The minimum atomic E-state index is 0.224. The van der Waals surface area contributed by atoms with Crippen molar-refractivity contribution in [2.75, 3.05) is 0 Å². The molecule has 1 unspecified atom stereocenters. The minimum Gasteiger partial charge on any atom is -0.271 e. The van der Waals surface area contributed by atoms with Crippen molar-refractivity contribution < 1.29 is 0 Å². The lowest BCUT2D eigenvalue weighted by atomic mass is 10.0. The maximum atomic E-state index is 5.64. The van der Waals surface area contributed by atoms with E-state index in [1.807, 2.05) is 12.3 Å². The second-order valence-corrected chi connectivity index (χ2v) is 5.17. The Morgan fingerprint density at radius 2 is 2.35 bits per heavy atom. The molecule has 17 heavy (non-hydrogen) atoms. The van der Waals surface area contributed by atoms with Gasteiger partial charge in [0.15, 0.2) is 0 Å². The van der Waals surface area contributed by atoms with Crippen molar-refractivity contribution in [2.45, 2.75) is 25.8 Å². The van der Waals surface area contributed by atoms with Crippen LogP contribution in [0.15, 0.2) is 36.0 Å². The van der Waals surface area contributed by atoms with Gasteiger partial charge in [0.25, 0.3) is 0 Å². The highest BCUT2D eigenvalue weighted by molar-refractivity contribution is 7.10. The second-order valence-electron chi connectivity index (χ2n) is 4.05. The molecule has 2 heterocycles. The van der Waals surface area contributed by atoms with Gasteiger partial charge in [0.2, 0.25) is 0 Å². The maximum absolute atomic E-state index is 5.64. The summed E-state index contributed by atoms with van der Waals surface area (Å²) in [5.74, 6) is 5.64. The molecule has 90 valence electrons. The molecule has 4 heteroatoms. The normalized spacial score (nSPS) is 12.6. The third-order valence-electron chi connectivity index (χ3n) is 2.92. The predicted molar refractivity (Wildman–Crippen MR) is 71.7 cm³/mol. The molecule has 0 saturated heterocycles. The molecule has 0 saturated carbocycles. The molecule has 0 radical (unpaired) electrons. The van der Waals surface area contributed by atoms with Gasteiger partial charge in [0, 0.05) is 23.3 Å². The number of nitrogens with two attached hydrogens (primary N) is 1. The van der Waals surface area contributed by atoms with E-state index in [-0.39, 0.29) is 6.04 Å². The number of nitrogens with zero attached hydrogens (tertiary/aromatic N) is 1. The Balaban J connectivity index is 2.00. The fourth-order valence-corrected chi connectivity index (χ4v) is 2.71. The van der Waals surface area contributed by atoms with Gasteiger partial charge in [-0.15, -0.1) is 11.3 Å². The van der Waals surface area contributed by atoms with Crippen molar-refractivity contribution in [2.24, 2.45) is 5.84 Å². The lowest BCUT2D eigenvalue weighted by Crippen LogP contribution is -2.28. The zero-order valence-electron chi connectivity index (χ0n) is 9.89. The standard InChI is InChI=1S/C13H17N3S/c1-10-12(6-8-17-10)13(16-14)5-4-11-3-2-7-15-9-11/h2-3,6-9,13,16H,4-5,14H2,1H3. The summed E-state index contributed by atoms with van der Waals surface area (Å²) in [6, 6.07) is 6.44. The average molecular weight is 247 g/mol. The highest BCUT2D eigenvalue weighted by Gasteiger charge is 2.12. The molecule has 0 aliphatic rings. The number of hydrogen-bond donors (Lipinski definition) is 2. The van der Waals surface area contributed by atoms with Gasteiger partial charge in [-0.05, 0) is 48.4 Å². The number of hydrogen-bond acceptors (Lipinski definition) is 4. The molecular weight excluding hydrogens is 230 g/mol. The number of nitrogens with one attached hydrogen (secondary N) is 1. The molecule has 3 N–H and O–H groups in total. The summed E-state index contributed by atoms with van der Waals surface area (Å²) in [7, 11) is 0. The van der Waals surface area contributed by atoms with E-state index in [1.54, 1.807) is 17.5 Å². The fraction of sp³-hybridized carbons (Fsp3) is 0.308. The molecular formula is C13H17N3S. The summed E-state index contributed by atoms with van der Waals surface area (Å²) in [5, 5.41) is 2.11. The van der Waals surface area contributed by atoms with Gasteiger partial charge in [0.1, 0.15) is 0 Å². The van der Waals surface area contributed by atoms with Crippen molar-refractivity contribution in [3.05, 3.63) is 52.0 Å². The van der Waals surface area contributed by atoms with Crippen LogP contribution in [-0.4, -0.2) is 4.98 Å². The number of hydrazine groups is 1. The number of rotatable bonds is 5. The molecule has 0 amide bonds. The molecule has 3 nitrogen and oxygen atoms in total. The molecule has 0 spiro atoms. The van der Waals surface area contributed by atoms with Crippen molar-refractivity contribution in [1.82, 2.24) is 10.4 Å². The van der Waals surface area contributed by atoms with Crippen LogP contribution in [0.3, 0.4) is 0 Å². The van der Waals surface area contributed by atoms with Gasteiger partial charge in [-0.25, -0.2) is 0 Å². The topological polar surface area (TPSA) is 50.9 Å². The lowest BCUT2D eigenvalue weighted by Gasteiger charge is -2.15. The van der Waals surface area contributed by atoms with Crippen molar-refractivity contribution in [3.8, 4) is 0 Å². The van der Waals surface area contributed by atoms with Gasteiger partial charge in [-0.2, -0.15) is 0 Å². The van der Waals surface area contributed by atoms with E-state index in [9.17, 15) is 0 Å². The number of pyridine rings is 1. The first kappa shape index (κ1) is 12.2. The van der Waals surface area contributed by atoms with Gasteiger partial charge in [-0.3, -0.25) is 16.3 Å². The van der Waals surface area contributed by atoms with E-state index in [2.05, 4.69) is 34.8 Å². The van der Waals surface area contributed by atoms with E-state index in [4.69, 9.17) is 5.84 Å². The SMILES string of the molecule is Cc1sccc1C(CCc1cccnc1)NN. The largest absolute Gasteiger partial charge is 0.271 e. The average Bonchev–Trinajstić information content (AvgIpc) is 2.78. The van der Waals surface area contributed by atoms with Crippen molar-refractivity contribution in [1.29, 1.82) is 0 Å². The van der Waals surface area contributed by atoms with Crippen LogP contribution in [0.5, 0.6) is 0 Å². The first-order chi connectivity index (χ1) is 8.31. The summed E-state index contributed by atoms with van der Waals surface area (Å²) in [5.41, 5.74) is 5.46. The summed E-state index contributed by atoms with van der Waals surface area (Å²) in [6.45, 7) is 2.13. The monoisotopic (exact) mass is 247 g/mol. The molecule has 2 aromatic heterocycles. The molecule has 2 rings (SSSR count). The van der Waals surface area contributed by atoms with Crippen LogP contribution < -0.4 is 11.3 Å². The number of aromatic nitrogens is 1. The Hall–Kier alpha value is -1.23. The summed E-state index contributed by atoms with van der Waals surface area (Å²) in [4.78, 5) is 5.45. The van der Waals surface area contributed by atoms with Gasteiger partial charge < -0.3 is 0 Å². The zero-order valence-corrected chi connectivity index (χ0v) is 10.7. The summed E-state index contributed by atoms with van der Waals surface area (Å²) in [6.07, 6.45) is 5.68. The molecule has 0 aromatic carbocycles. The molecule has 1 atom stereocenters. The minimum absolute atomic E-state index is 0.224. The quantitative estimate of drug-likeness (QED) is 0.630. The number of thiophene rings is 1. The van der Waals surface area contributed by atoms with Crippen LogP contribution in [0.1, 0.15) is 28.5 Å². The van der Waals surface area contributed by atoms with Crippen LogP contribution >= 0.6 is 11.3 Å². The zero-order chi connectivity index (χ0) is 12.1. The molecule has 0 fully saturated rings. The fourth-order valence-electron chi connectivity index (χ4n) is 1.94. The molecule has 2 aromatic rings. The van der Waals surface area contributed by atoms with Crippen LogP contribution in [0.4, 0.5) is 0 Å². The van der Waals surface area contributed by atoms with Crippen LogP contribution in [0.25, 0.3) is 0 Å². The van der Waals surface area contributed by atoms with Crippen molar-refractivity contribution in [3.63, 3.8) is 0 Å². The van der Waals surface area contributed by atoms with E-state index in [0.717, 1.165) is 12.8 Å². The predicted octanol–water partition coefficient (Wildman–Crippen LogP) is 2.59. The third kappa shape index (κ3) is 3.12. The highest BCUT2D eigenvalue weighted by atomic mass is 32.1. The van der Waals surface area contributed by atoms with E-state index in [1.165, 1.54) is 16.0 Å². The first-order valence-corrected chi connectivity index (χ1v) is 6.58. The highest BCUT2D eigenvalue weighted by Crippen LogP contribution is 2.25. The van der Waals surface area contributed by atoms with Crippen LogP contribution in [0.2, 0.25) is 0 Å². The van der Waals surface area contributed by atoms with Crippen LogP contribution in [0, 0.1) is 6.92 Å². The van der Waals surface area contributed by atoms with Gasteiger partial charge in [-0.1, -0.05) is 6.07 Å². The summed E-state index contributed by atoms with van der Waals surface area (Å²) < 4.78 is 0. The Morgan fingerprint density at radius 3 is 2.94 bits per heavy atom. The lowest BCUT2D eigenvalue weighted by molar-refractivity contribution is 0.515.